The number of aryl methyl sites for hydroxylation is 2. The summed E-state index contributed by atoms with van der Waals surface area (Å²) in [7, 11) is 3.33. The molecule has 3 aromatic rings. The smallest absolute Gasteiger partial charge is 0.269 e. The average molecular weight is 447 g/mol. The van der Waals surface area contributed by atoms with Crippen LogP contribution in [0.3, 0.4) is 0 Å². The third-order valence-electron chi connectivity index (χ3n) is 5.45. The number of ether oxygens (including phenoxy) is 1. The van der Waals surface area contributed by atoms with Crippen molar-refractivity contribution >= 4 is 11.8 Å². The van der Waals surface area contributed by atoms with E-state index >= 15 is 0 Å². The van der Waals surface area contributed by atoms with Crippen LogP contribution in [0.1, 0.15) is 44.2 Å². The van der Waals surface area contributed by atoms with Gasteiger partial charge in [0.15, 0.2) is 0 Å². The molecule has 33 heavy (non-hydrogen) atoms. The van der Waals surface area contributed by atoms with Gasteiger partial charge in [0.25, 0.3) is 11.8 Å². The molecule has 0 bridgehead atoms. The minimum Gasteiger partial charge on any atom is -0.481 e. The molecule has 1 unspecified atom stereocenters. The van der Waals surface area contributed by atoms with Crippen LogP contribution >= 0.6 is 0 Å². The second kappa shape index (κ2) is 11.2. The lowest BCUT2D eigenvalue weighted by atomic mass is 10.0. The number of hydrogen-bond donors (Lipinski definition) is 1. The number of rotatable bonds is 9. The summed E-state index contributed by atoms with van der Waals surface area (Å²) in [6, 6.07) is 18.7. The van der Waals surface area contributed by atoms with Crippen LogP contribution in [0.4, 0.5) is 0 Å². The number of aromatic nitrogens is 2. The van der Waals surface area contributed by atoms with Crippen LogP contribution in [-0.2, 0) is 6.42 Å². The molecule has 0 aliphatic rings. The molecule has 1 atom stereocenters. The van der Waals surface area contributed by atoms with E-state index in [9.17, 15) is 9.59 Å². The third kappa shape index (κ3) is 6.62. The molecule has 0 fully saturated rings. The van der Waals surface area contributed by atoms with E-state index in [4.69, 9.17) is 4.74 Å². The molecule has 0 aliphatic heterocycles. The minimum absolute atomic E-state index is 0.119. The number of carbonyl (C=O) groups excluding carboxylic acids is 2. The first-order valence-corrected chi connectivity index (χ1v) is 10.9. The van der Waals surface area contributed by atoms with E-state index < -0.39 is 0 Å². The summed E-state index contributed by atoms with van der Waals surface area (Å²) in [6.07, 6.45) is 1.26. The van der Waals surface area contributed by atoms with Crippen molar-refractivity contribution in [2.45, 2.75) is 32.7 Å². The van der Waals surface area contributed by atoms with Crippen molar-refractivity contribution in [2.75, 3.05) is 20.7 Å². The fourth-order valence-electron chi connectivity index (χ4n) is 3.67. The summed E-state index contributed by atoms with van der Waals surface area (Å²) in [5.41, 5.74) is 3.53. The minimum atomic E-state index is -0.222. The number of amides is 2. The molecule has 2 heterocycles. The van der Waals surface area contributed by atoms with E-state index in [-0.39, 0.29) is 17.9 Å². The Labute approximate surface area is 194 Å². The molecule has 172 valence electrons. The van der Waals surface area contributed by atoms with Crippen molar-refractivity contribution in [3.63, 3.8) is 0 Å². The molecule has 2 amide bonds. The SMILES string of the molecule is COc1cc(C(=O)N(C)C(CCNC(=O)c2cccc(C)n2)Cc2ccccc2)cc(C)n1. The van der Waals surface area contributed by atoms with Gasteiger partial charge in [0.2, 0.25) is 5.88 Å². The first-order valence-electron chi connectivity index (χ1n) is 10.9. The Morgan fingerprint density at radius 3 is 2.45 bits per heavy atom. The molecular weight excluding hydrogens is 416 g/mol. The lowest BCUT2D eigenvalue weighted by molar-refractivity contribution is 0.0722. The van der Waals surface area contributed by atoms with Gasteiger partial charge in [-0.05, 0) is 50.5 Å². The number of pyridine rings is 2. The zero-order valence-corrected chi connectivity index (χ0v) is 19.5. The molecular formula is C26H30N4O3. The fraction of sp³-hybridized carbons (Fsp3) is 0.308. The van der Waals surface area contributed by atoms with Crippen LogP contribution in [0.15, 0.2) is 60.7 Å². The maximum Gasteiger partial charge on any atom is 0.269 e. The maximum absolute atomic E-state index is 13.3. The van der Waals surface area contributed by atoms with Gasteiger partial charge in [0, 0.05) is 42.7 Å². The van der Waals surface area contributed by atoms with Crippen LogP contribution < -0.4 is 10.1 Å². The Morgan fingerprint density at radius 1 is 1.00 bits per heavy atom. The number of benzene rings is 1. The zero-order valence-electron chi connectivity index (χ0n) is 19.5. The van der Waals surface area contributed by atoms with E-state index in [2.05, 4.69) is 15.3 Å². The summed E-state index contributed by atoms with van der Waals surface area (Å²) in [6.45, 7) is 4.10. The van der Waals surface area contributed by atoms with Crippen molar-refractivity contribution in [1.29, 1.82) is 0 Å². The van der Waals surface area contributed by atoms with Crippen molar-refractivity contribution in [3.05, 3.63) is 88.9 Å². The maximum atomic E-state index is 13.3. The van der Waals surface area contributed by atoms with Gasteiger partial charge in [-0.15, -0.1) is 0 Å². The predicted octanol–water partition coefficient (Wildman–Crippen LogP) is 3.61. The Hall–Kier alpha value is -3.74. The highest BCUT2D eigenvalue weighted by atomic mass is 16.5. The Bertz CT molecular complexity index is 1100. The van der Waals surface area contributed by atoms with Gasteiger partial charge in [0.05, 0.1) is 7.11 Å². The summed E-state index contributed by atoms with van der Waals surface area (Å²) in [5, 5.41) is 2.93. The fourth-order valence-corrected chi connectivity index (χ4v) is 3.67. The van der Waals surface area contributed by atoms with Crippen molar-refractivity contribution < 1.29 is 14.3 Å². The monoisotopic (exact) mass is 446 g/mol. The second-order valence-corrected chi connectivity index (χ2v) is 8.01. The molecule has 0 spiro atoms. The Kier molecular flexibility index (Phi) is 8.13. The second-order valence-electron chi connectivity index (χ2n) is 8.01. The van der Waals surface area contributed by atoms with Crippen LogP contribution in [0.25, 0.3) is 0 Å². The van der Waals surface area contributed by atoms with E-state index in [0.717, 1.165) is 11.3 Å². The van der Waals surface area contributed by atoms with Crippen LogP contribution in [0, 0.1) is 13.8 Å². The van der Waals surface area contributed by atoms with Gasteiger partial charge in [-0.1, -0.05) is 36.4 Å². The number of hydrogen-bond acceptors (Lipinski definition) is 5. The van der Waals surface area contributed by atoms with Crippen LogP contribution in [-0.4, -0.2) is 53.4 Å². The van der Waals surface area contributed by atoms with E-state index in [1.807, 2.05) is 56.3 Å². The summed E-state index contributed by atoms with van der Waals surface area (Å²) in [5.74, 6) is 0.0660. The Balaban J connectivity index is 1.73. The lowest BCUT2D eigenvalue weighted by Gasteiger charge is -2.29. The van der Waals surface area contributed by atoms with Gasteiger partial charge in [0.1, 0.15) is 5.69 Å². The van der Waals surface area contributed by atoms with Crippen molar-refractivity contribution in [1.82, 2.24) is 20.2 Å². The van der Waals surface area contributed by atoms with Crippen molar-refractivity contribution in [2.24, 2.45) is 0 Å². The highest BCUT2D eigenvalue weighted by molar-refractivity contribution is 5.94. The molecule has 0 saturated heterocycles. The van der Waals surface area contributed by atoms with E-state index in [0.29, 0.717) is 42.2 Å². The van der Waals surface area contributed by atoms with Gasteiger partial charge in [-0.25, -0.2) is 9.97 Å². The van der Waals surface area contributed by atoms with Crippen LogP contribution in [0.5, 0.6) is 5.88 Å². The standard InChI is InChI=1S/C26H30N4O3/c1-18-9-8-12-23(28-18)25(31)27-14-13-22(16-20-10-6-5-7-11-20)30(3)26(32)21-15-19(2)29-24(17-21)33-4/h5-12,15,17,22H,13-14,16H2,1-4H3,(H,27,31). The first kappa shape index (κ1) is 23.9. The molecule has 7 nitrogen and oxygen atoms in total. The van der Waals surface area contributed by atoms with E-state index in [1.165, 1.54) is 7.11 Å². The summed E-state index contributed by atoms with van der Waals surface area (Å²) < 4.78 is 5.23. The zero-order chi connectivity index (χ0) is 23.8. The number of carbonyl (C=O) groups is 2. The molecule has 0 saturated carbocycles. The molecule has 0 aliphatic carbocycles. The average Bonchev–Trinajstić information content (AvgIpc) is 2.82. The summed E-state index contributed by atoms with van der Waals surface area (Å²) in [4.78, 5) is 36.1. The lowest BCUT2D eigenvalue weighted by Crippen LogP contribution is -2.41. The quantitative estimate of drug-likeness (QED) is 0.543. The predicted molar refractivity (Wildman–Crippen MR) is 127 cm³/mol. The largest absolute Gasteiger partial charge is 0.481 e. The normalized spacial score (nSPS) is 11.5. The van der Waals surface area contributed by atoms with Gasteiger partial charge >= 0.3 is 0 Å². The number of likely N-dealkylation sites (N-methyl/N-ethyl adjacent to an activating group) is 1. The molecule has 1 aromatic carbocycles. The third-order valence-corrected chi connectivity index (χ3v) is 5.45. The molecule has 3 rings (SSSR count). The Morgan fingerprint density at radius 2 is 1.76 bits per heavy atom. The molecule has 0 radical (unpaired) electrons. The number of methoxy groups -OCH3 is 1. The molecule has 2 aromatic heterocycles. The number of nitrogens with zero attached hydrogens (tertiary/aromatic N) is 3. The topological polar surface area (TPSA) is 84.4 Å². The highest BCUT2D eigenvalue weighted by Gasteiger charge is 2.23. The molecule has 7 heteroatoms. The van der Waals surface area contributed by atoms with Crippen LogP contribution in [0.2, 0.25) is 0 Å². The summed E-state index contributed by atoms with van der Waals surface area (Å²) >= 11 is 0. The first-order chi connectivity index (χ1) is 15.9. The number of nitrogens with one attached hydrogen (secondary N) is 1. The van der Waals surface area contributed by atoms with Gasteiger partial charge in [-0.3, -0.25) is 9.59 Å². The van der Waals surface area contributed by atoms with Crippen molar-refractivity contribution in [3.8, 4) is 5.88 Å². The highest BCUT2D eigenvalue weighted by Crippen LogP contribution is 2.18. The van der Waals surface area contributed by atoms with Gasteiger partial charge < -0.3 is 15.0 Å². The van der Waals surface area contributed by atoms with Gasteiger partial charge in [-0.2, -0.15) is 0 Å². The van der Waals surface area contributed by atoms with E-state index in [1.54, 1.807) is 30.1 Å². The molecule has 1 N–H and O–H groups in total.